The maximum Gasteiger partial charge on any atom is 0.125 e. The van der Waals surface area contributed by atoms with Crippen molar-refractivity contribution in [2.45, 2.75) is 52.4 Å². The predicted molar refractivity (Wildman–Crippen MR) is 85.6 cm³/mol. The fraction of sp³-hybridized carbons (Fsp3) is 0.667. The molecule has 0 saturated carbocycles. The summed E-state index contributed by atoms with van der Waals surface area (Å²) in [6, 6.07) is 6.54. The third-order valence-corrected chi connectivity index (χ3v) is 4.29. The van der Waals surface area contributed by atoms with Gasteiger partial charge in [0.2, 0.25) is 0 Å². The zero-order valence-corrected chi connectivity index (χ0v) is 13.2. The Morgan fingerprint density at radius 3 is 2.10 bits per heavy atom. The van der Waals surface area contributed by atoms with Crippen LogP contribution in [0.3, 0.4) is 0 Å². The first-order valence-electron chi connectivity index (χ1n) is 8.31. The number of aryl methyl sites for hydroxylation is 2. The minimum absolute atomic E-state index is 0.823. The van der Waals surface area contributed by atoms with Crippen LogP contribution in [0.1, 0.15) is 50.7 Å². The number of nitrogens with zero attached hydrogens (tertiary/aromatic N) is 1. The van der Waals surface area contributed by atoms with Crippen LogP contribution in [0.15, 0.2) is 18.2 Å². The van der Waals surface area contributed by atoms with Gasteiger partial charge in [0.15, 0.2) is 0 Å². The molecule has 0 amide bonds. The molecule has 2 heteroatoms. The average Bonchev–Trinajstić information content (AvgIpc) is 2.76. The molecule has 0 atom stereocenters. The lowest BCUT2D eigenvalue weighted by molar-refractivity contribution is 0.212. The minimum Gasteiger partial charge on any atom is -0.492 e. The zero-order valence-electron chi connectivity index (χ0n) is 13.2. The smallest absolute Gasteiger partial charge is 0.125 e. The Kier molecular flexibility index (Phi) is 6.38. The van der Waals surface area contributed by atoms with Crippen LogP contribution in [0.4, 0.5) is 0 Å². The van der Waals surface area contributed by atoms with Crippen molar-refractivity contribution in [1.82, 2.24) is 4.90 Å². The molecule has 2 rings (SSSR count). The molecule has 0 unspecified atom stereocenters. The molecule has 112 valence electrons. The number of ether oxygens (including phenoxy) is 1. The van der Waals surface area contributed by atoms with E-state index < -0.39 is 0 Å². The molecule has 1 aliphatic rings. The summed E-state index contributed by atoms with van der Waals surface area (Å²) >= 11 is 0. The lowest BCUT2D eigenvalue weighted by Crippen LogP contribution is -2.29. The van der Waals surface area contributed by atoms with Crippen LogP contribution in [0.5, 0.6) is 5.75 Å². The van der Waals surface area contributed by atoms with Crippen LogP contribution in [0, 0.1) is 0 Å². The summed E-state index contributed by atoms with van der Waals surface area (Å²) in [6.07, 6.45) is 7.60. The fourth-order valence-electron chi connectivity index (χ4n) is 3.02. The Morgan fingerprint density at radius 2 is 1.55 bits per heavy atom. The first kappa shape index (κ1) is 15.4. The Hall–Kier alpha value is -1.02. The molecule has 0 N–H and O–H groups in total. The monoisotopic (exact) mass is 275 g/mol. The second-order valence-electron chi connectivity index (χ2n) is 5.72. The summed E-state index contributed by atoms with van der Waals surface area (Å²) < 4.78 is 6.15. The van der Waals surface area contributed by atoms with Crippen molar-refractivity contribution in [3.05, 3.63) is 29.3 Å². The van der Waals surface area contributed by atoms with E-state index in [9.17, 15) is 0 Å². The first-order chi connectivity index (χ1) is 9.85. The number of benzene rings is 1. The second-order valence-corrected chi connectivity index (χ2v) is 5.72. The number of likely N-dealkylation sites (tertiary alicyclic amines) is 1. The molecule has 0 radical (unpaired) electrons. The van der Waals surface area contributed by atoms with Crippen molar-refractivity contribution in [2.24, 2.45) is 0 Å². The van der Waals surface area contributed by atoms with Crippen LogP contribution >= 0.6 is 0 Å². The van der Waals surface area contributed by atoms with Gasteiger partial charge in [-0.25, -0.2) is 0 Å². The summed E-state index contributed by atoms with van der Waals surface area (Å²) in [5, 5.41) is 0. The summed E-state index contributed by atoms with van der Waals surface area (Å²) in [4.78, 5) is 2.56. The normalized spacial score (nSPS) is 16.9. The highest BCUT2D eigenvalue weighted by Gasteiger charge is 2.11. The minimum atomic E-state index is 0.823. The molecule has 1 saturated heterocycles. The molecule has 20 heavy (non-hydrogen) atoms. The number of rotatable bonds is 6. The van der Waals surface area contributed by atoms with E-state index in [1.54, 1.807) is 0 Å². The van der Waals surface area contributed by atoms with Crippen LogP contribution in [-0.4, -0.2) is 31.1 Å². The van der Waals surface area contributed by atoms with E-state index in [1.807, 2.05) is 0 Å². The lowest BCUT2D eigenvalue weighted by atomic mass is 10.1. The quantitative estimate of drug-likeness (QED) is 0.776. The average molecular weight is 275 g/mol. The molecule has 1 heterocycles. The highest BCUT2D eigenvalue weighted by molar-refractivity contribution is 5.41. The van der Waals surface area contributed by atoms with Gasteiger partial charge in [0.25, 0.3) is 0 Å². The first-order valence-corrected chi connectivity index (χ1v) is 8.31. The van der Waals surface area contributed by atoms with E-state index in [1.165, 1.54) is 49.9 Å². The molecule has 0 bridgehead atoms. The lowest BCUT2D eigenvalue weighted by Gasteiger charge is -2.21. The van der Waals surface area contributed by atoms with Gasteiger partial charge in [0, 0.05) is 6.54 Å². The van der Waals surface area contributed by atoms with Crippen LogP contribution in [-0.2, 0) is 12.8 Å². The van der Waals surface area contributed by atoms with Gasteiger partial charge in [0.05, 0.1) is 0 Å². The number of hydrogen-bond donors (Lipinski definition) is 0. The SMILES string of the molecule is CCc1cccc(CC)c1OCCN1CCCCCC1. The molecular weight excluding hydrogens is 246 g/mol. The Bertz CT molecular complexity index is 372. The summed E-state index contributed by atoms with van der Waals surface area (Å²) in [6.45, 7) is 8.80. The largest absolute Gasteiger partial charge is 0.492 e. The van der Waals surface area contributed by atoms with Gasteiger partial charge in [0.1, 0.15) is 12.4 Å². The standard InChI is InChI=1S/C18H29NO/c1-3-16-10-9-11-17(4-2)18(16)20-15-14-19-12-7-5-6-8-13-19/h9-11H,3-8,12-15H2,1-2H3. The highest BCUT2D eigenvalue weighted by atomic mass is 16.5. The van der Waals surface area contributed by atoms with Gasteiger partial charge in [-0.15, -0.1) is 0 Å². The third kappa shape index (κ3) is 4.24. The molecule has 0 aliphatic carbocycles. The Morgan fingerprint density at radius 1 is 0.950 bits per heavy atom. The van der Waals surface area contributed by atoms with E-state index in [-0.39, 0.29) is 0 Å². The molecule has 2 nitrogen and oxygen atoms in total. The molecule has 0 aromatic heterocycles. The van der Waals surface area contributed by atoms with Gasteiger partial charge in [-0.2, -0.15) is 0 Å². The molecule has 1 aromatic rings. The Balaban J connectivity index is 1.89. The van der Waals surface area contributed by atoms with Crippen molar-refractivity contribution in [3.63, 3.8) is 0 Å². The summed E-state index contributed by atoms with van der Waals surface area (Å²) in [7, 11) is 0. The van der Waals surface area contributed by atoms with E-state index in [0.29, 0.717) is 0 Å². The van der Waals surface area contributed by atoms with Gasteiger partial charge in [-0.05, 0) is 49.9 Å². The predicted octanol–water partition coefficient (Wildman–Crippen LogP) is 4.07. The van der Waals surface area contributed by atoms with E-state index in [2.05, 4.69) is 36.9 Å². The maximum atomic E-state index is 6.15. The van der Waals surface area contributed by atoms with Gasteiger partial charge in [-0.3, -0.25) is 4.90 Å². The van der Waals surface area contributed by atoms with Gasteiger partial charge in [-0.1, -0.05) is 44.9 Å². The molecule has 1 fully saturated rings. The molecule has 0 spiro atoms. The van der Waals surface area contributed by atoms with E-state index >= 15 is 0 Å². The number of hydrogen-bond acceptors (Lipinski definition) is 2. The molecule has 1 aliphatic heterocycles. The zero-order chi connectivity index (χ0) is 14.2. The van der Waals surface area contributed by atoms with Crippen LogP contribution < -0.4 is 4.74 Å². The molecular formula is C18H29NO. The number of para-hydroxylation sites is 1. The van der Waals surface area contributed by atoms with Crippen LogP contribution in [0.2, 0.25) is 0 Å². The summed E-state index contributed by atoms with van der Waals surface area (Å²) in [5.41, 5.74) is 2.69. The van der Waals surface area contributed by atoms with Gasteiger partial charge >= 0.3 is 0 Å². The van der Waals surface area contributed by atoms with Crippen LogP contribution in [0.25, 0.3) is 0 Å². The fourth-order valence-corrected chi connectivity index (χ4v) is 3.02. The summed E-state index contributed by atoms with van der Waals surface area (Å²) in [5.74, 6) is 1.15. The Labute approximate surface area is 124 Å². The highest BCUT2D eigenvalue weighted by Crippen LogP contribution is 2.25. The van der Waals surface area contributed by atoms with Crippen molar-refractivity contribution in [3.8, 4) is 5.75 Å². The van der Waals surface area contributed by atoms with Crippen molar-refractivity contribution in [1.29, 1.82) is 0 Å². The topological polar surface area (TPSA) is 12.5 Å². The van der Waals surface area contributed by atoms with Crippen molar-refractivity contribution >= 4 is 0 Å². The second kappa shape index (κ2) is 8.31. The van der Waals surface area contributed by atoms with E-state index in [4.69, 9.17) is 4.74 Å². The van der Waals surface area contributed by atoms with Crippen molar-refractivity contribution in [2.75, 3.05) is 26.2 Å². The maximum absolute atomic E-state index is 6.15. The van der Waals surface area contributed by atoms with Gasteiger partial charge < -0.3 is 4.74 Å². The van der Waals surface area contributed by atoms with E-state index in [0.717, 1.165) is 31.7 Å². The third-order valence-electron chi connectivity index (χ3n) is 4.29. The molecule has 1 aromatic carbocycles. The van der Waals surface area contributed by atoms with Crippen molar-refractivity contribution < 1.29 is 4.74 Å².